The van der Waals surface area contributed by atoms with E-state index in [1.807, 2.05) is 13.8 Å². The minimum Gasteiger partial charge on any atom is -0.495 e. The summed E-state index contributed by atoms with van der Waals surface area (Å²) in [4.78, 5) is 27.8. The Hall–Kier alpha value is -2.20. The van der Waals surface area contributed by atoms with Gasteiger partial charge in [0, 0.05) is 35.6 Å². The van der Waals surface area contributed by atoms with Crippen molar-refractivity contribution in [3.05, 3.63) is 57.0 Å². The predicted octanol–water partition coefficient (Wildman–Crippen LogP) is 5.53. The number of nitrogens with zero attached hydrogens (tertiary/aromatic N) is 2. The van der Waals surface area contributed by atoms with E-state index in [-0.39, 0.29) is 48.8 Å². The fraction of sp³-hybridized carbons (Fsp3) is 0.462. The fourth-order valence-electron chi connectivity index (χ4n) is 3.70. The van der Waals surface area contributed by atoms with Gasteiger partial charge in [-0.3, -0.25) is 13.9 Å². The van der Waals surface area contributed by atoms with Crippen molar-refractivity contribution in [2.45, 2.75) is 58.7 Å². The molecule has 0 saturated heterocycles. The summed E-state index contributed by atoms with van der Waals surface area (Å²) in [5.41, 5.74) is 0.995. The molecule has 12 heteroatoms. The summed E-state index contributed by atoms with van der Waals surface area (Å²) in [5.74, 6) is -0.187. The molecule has 0 bridgehead atoms. The topological polar surface area (TPSA) is 96.0 Å². The van der Waals surface area contributed by atoms with Gasteiger partial charge in [0.2, 0.25) is 21.8 Å². The number of sulfonamides is 1. The number of carbonyl (C=O) groups excluding carboxylic acids is 2. The molecule has 0 aromatic heterocycles. The van der Waals surface area contributed by atoms with Crippen LogP contribution in [0.3, 0.4) is 0 Å². The number of anilines is 1. The number of methoxy groups -OCH3 is 1. The number of hydrogen-bond donors (Lipinski definition) is 1. The van der Waals surface area contributed by atoms with Crippen LogP contribution < -0.4 is 14.4 Å². The molecule has 0 radical (unpaired) electrons. The second-order valence-corrected chi connectivity index (χ2v) is 12.2. The molecule has 210 valence electrons. The average molecular weight is 607 g/mol. The SMILES string of the molecule is CC[C@H](C)NC(=O)[C@H](C)N(Cc1ccc(Cl)cc1Cl)C(=O)CCCN(c1ccc(OC)c(Cl)c1)S(C)(=O)=O. The van der Waals surface area contributed by atoms with Gasteiger partial charge in [0.15, 0.2) is 0 Å². The molecule has 0 saturated carbocycles. The summed E-state index contributed by atoms with van der Waals surface area (Å²) in [6.07, 6.45) is 2.04. The van der Waals surface area contributed by atoms with Crippen molar-refractivity contribution in [3.63, 3.8) is 0 Å². The lowest BCUT2D eigenvalue weighted by Crippen LogP contribution is -2.49. The zero-order valence-corrected chi connectivity index (χ0v) is 25.2. The summed E-state index contributed by atoms with van der Waals surface area (Å²) in [5, 5.41) is 4.01. The van der Waals surface area contributed by atoms with E-state index in [0.717, 1.165) is 12.7 Å². The fourth-order valence-corrected chi connectivity index (χ4v) is 5.37. The highest BCUT2D eigenvalue weighted by molar-refractivity contribution is 7.92. The Balaban J connectivity index is 2.23. The van der Waals surface area contributed by atoms with Crippen molar-refractivity contribution in [1.82, 2.24) is 10.2 Å². The molecule has 0 aliphatic carbocycles. The number of amides is 2. The average Bonchev–Trinajstić information content (AvgIpc) is 2.84. The third-order valence-corrected chi connectivity index (χ3v) is 8.18. The normalized spacial score (nSPS) is 12.9. The quantitative estimate of drug-likeness (QED) is 0.323. The maximum absolute atomic E-state index is 13.4. The van der Waals surface area contributed by atoms with Gasteiger partial charge in [0.25, 0.3) is 0 Å². The molecule has 0 aliphatic rings. The van der Waals surface area contributed by atoms with Crippen LogP contribution in [0.1, 0.15) is 45.6 Å². The van der Waals surface area contributed by atoms with E-state index in [4.69, 9.17) is 39.5 Å². The van der Waals surface area contributed by atoms with Crippen LogP contribution in [0.4, 0.5) is 5.69 Å². The van der Waals surface area contributed by atoms with Crippen molar-refractivity contribution >= 4 is 62.3 Å². The number of benzene rings is 2. The van der Waals surface area contributed by atoms with Crippen LogP contribution in [0.5, 0.6) is 5.75 Å². The number of hydrogen-bond acceptors (Lipinski definition) is 5. The standard InChI is InChI=1S/C26H34Cl3N3O5S/c1-6-17(2)30-26(34)18(3)31(16-19-9-10-20(27)14-22(19)28)25(33)8-7-13-32(38(5,35)36)21-11-12-24(37-4)23(29)15-21/h9-12,14-15,17-18H,6-8,13,16H2,1-5H3,(H,30,34)/t17-,18-/m0/s1. The number of rotatable bonds is 13. The third kappa shape index (κ3) is 8.93. The first-order chi connectivity index (χ1) is 17.8. The lowest BCUT2D eigenvalue weighted by molar-refractivity contribution is -0.140. The Morgan fingerprint density at radius 1 is 1.05 bits per heavy atom. The second-order valence-electron chi connectivity index (χ2n) is 9.01. The van der Waals surface area contributed by atoms with E-state index in [0.29, 0.717) is 27.0 Å². The van der Waals surface area contributed by atoms with Gasteiger partial charge >= 0.3 is 0 Å². The first kappa shape index (κ1) is 32.0. The molecule has 2 amide bonds. The predicted molar refractivity (Wildman–Crippen MR) is 154 cm³/mol. The first-order valence-electron chi connectivity index (χ1n) is 12.1. The summed E-state index contributed by atoms with van der Waals surface area (Å²) < 4.78 is 31.4. The Bertz CT molecular complexity index is 1240. The van der Waals surface area contributed by atoms with Crippen LogP contribution in [0.2, 0.25) is 15.1 Å². The number of halogens is 3. The molecule has 2 aromatic rings. The Labute approximate surface area is 240 Å². The highest BCUT2D eigenvalue weighted by Crippen LogP contribution is 2.30. The van der Waals surface area contributed by atoms with Crippen LogP contribution in [0.25, 0.3) is 0 Å². The van der Waals surface area contributed by atoms with Gasteiger partial charge in [-0.1, -0.05) is 47.8 Å². The molecule has 2 atom stereocenters. The summed E-state index contributed by atoms with van der Waals surface area (Å²) >= 11 is 18.6. The number of ether oxygens (including phenoxy) is 1. The van der Waals surface area contributed by atoms with Crippen molar-refractivity contribution < 1.29 is 22.7 Å². The molecule has 38 heavy (non-hydrogen) atoms. The monoisotopic (exact) mass is 605 g/mol. The molecule has 1 N–H and O–H groups in total. The van der Waals surface area contributed by atoms with E-state index in [1.165, 1.54) is 22.4 Å². The molecule has 0 heterocycles. The zero-order chi connectivity index (χ0) is 28.6. The molecule has 0 spiro atoms. The van der Waals surface area contributed by atoms with Crippen molar-refractivity contribution in [1.29, 1.82) is 0 Å². The van der Waals surface area contributed by atoms with Crippen LogP contribution in [-0.2, 0) is 26.2 Å². The van der Waals surface area contributed by atoms with Crippen LogP contribution in [0, 0.1) is 0 Å². The molecular formula is C26H34Cl3N3O5S. The van der Waals surface area contributed by atoms with E-state index in [2.05, 4.69) is 5.32 Å². The van der Waals surface area contributed by atoms with Gasteiger partial charge in [-0.2, -0.15) is 0 Å². The van der Waals surface area contributed by atoms with Gasteiger partial charge < -0.3 is 15.0 Å². The van der Waals surface area contributed by atoms with E-state index in [1.54, 1.807) is 37.3 Å². The van der Waals surface area contributed by atoms with Crippen molar-refractivity contribution in [2.24, 2.45) is 0 Å². The maximum atomic E-state index is 13.4. The van der Waals surface area contributed by atoms with Crippen LogP contribution in [-0.4, -0.2) is 57.1 Å². The smallest absolute Gasteiger partial charge is 0.242 e. The van der Waals surface area contributed by atoms with E-state index >= 15 is 0 Å². The molecule has 0 unspecified atom stereocenters. The minimum atomic E-state index is -3.66. The lowest BCUT2D eigenvalue weighted by atomic mass is 10.1. The summed E-state index contributed by atoms with van der Waals surface area (Å²) in [6, 6.07) is 8.78. The van der Waals surface area contributed by atoms with Gasteiger partial charge in [0.05, 0.1) is 24.1 Å². The minimum absolute atomic E-state index is 0.00205. The molecule has 0 aliphatic heterocycles. The third-order valence-electron chi connectivity index (χ3n) is 6.10. The number of nitrogens with one attached hydrogen (secondary N) is 1. The second kappa shape index (κ2) is 14.3. The van der Waals surface area contributed by atoms with E-state index in [9.17, 15) is 18.0 Å². The van der Waals surface area contributed by atoms with Gasteiger partial charge in [-0.15, -0.1) is 0 Å². The molecular weight excluding hydrogens is 573 g/mol. The number of carbonyl (C=O) groups is 2. The van der Waals surface area contributed by atoms with Gasteiger partial charge in [-0.05, 0) is 62.6 Å². The van der Waals surface area contributed by atoms with E-state index < -0.39 is 16.1 Å². The molecule has 2 rings (SSSR count). The molecule has 2 aromatic carbocycles. The first-order valence-corrected chi connectivity index (χ1v) is 15.1. The van der Waals surface area contributed by atoms with Crippen molar-refractivity contribution in [3.8, 4) is 5.75 Å². The van der Waals surface area contributed by atoms with Crippen LogP contribution >= 0.6 is 34.8 Å². The van der Waals surface area contributed by atoms with Gasteiger partial charge in [0.1, 0.15) is 11.8 Å². The molecule has 0 fully saturated rings. The highest BCUT2D eigenvalue weighted by atomic mass is 35.5. The zero-order valence-electron chi connectivity index (χ0n) is 22.1. The Morgan fingerprint density at radius 3 is 2.29 bits per heavy atom. The largest absolute Gasteiger partial charge is 0.495 e. The molecule has 8 nitrogen and oxygen atoms in total. The highest BCUT2D eigenvalue weighted by Gasteiger charge is 2.28. The van der Waals surface area contributed by atoms with Crippen molar-refractivity contribution in [2.75, 3.05) is 24.2 Å². The Morgan fingerprint density at radius 2 is 1.74 bits per heavy atom. The maximum Gasteiger partial charge on any atom is 0.242 e. The van der Waals surface area contributed by atoms with Crippen LogP contribution in [0.15, 0.2) is 36.4 Å². The Kier molecular flexibility index (Phi) is 12.0. The summed E-state index contributed by atoms with van der Waals surface area (Å²) in [7, 11) is -2.20. The summed E-state index contributed by atoms with van der Waals surface area (Å²) in [6.45, 7) is 5.62. The van der Waals surface area contributed by atoms with Gasteiger partial charge in [-0.25, -0.2) is 8.42 Å². The lowest BCUT2D eigenvalue weighted by Gasteiger charge is -2.30.